The third-order valence-electron chi connectivity index (χ3n) is 3.35. The first-order valence-electron chi connectivity index (χ1n) is 6.86. The summed E-state index contributed by atoms with van der Waals surface area (Å²) in [4.78, 5) is 39.1. The highest BCUT2D eigenvalue weighted by Crippen LogP contribution is 2.15. The zero-order valence-corrected chi connectivity index (χ0v) is 12.6. The Hall–Kier alpha value is -2.70. The first-order valence-corrected chi connectivity index (χ1v) is 6.86. The Kier molecular flexibility index (Phi) is 4.25. The van der Waals surface area contributed by atoms with Crippen LogP contribution in [0.3, 0.4) is 0 Å². The molecule has 2 rings (SSSR count). The molecule has 0 spiro atoms. The highest BCUT2D eigenvalue weighted by molar-refractivity contribution is 5.95. The van der Waals surface area contributed by atoms with Gasteiger partial charge < -0.3 is 15.0 Å². The summed E-state index contributed by atoms with van der Waals surface area (Å²) in [6.45, 7) is 5.38. The maximum absolute atomic E-state index is 12.0. The number of rotatable bonds is 4. The van der Waals surface area contributed by atoms with Gasteiger partial charge in [-0.15, -0.1) is 0 Å². The van der Waals surface area contributed by atoms with E-state index < -0.39 is 18.0 Å². The number of fused-ring (bicyclic) bond motifs is 1. The summed E-state index contributed by atoms with van der Waals surface area (Å²) in [5.41, 5.74) is 6.65. The minimum Gasteiger partial charge on any atom is -0.449 e. The smallest absolute Gasteiger partial charge is 0.338 e. The quantitative estimate of drug-likeness (QED) is 0.839. The van der Waals surface area contributed by atoms with E-state index >= 15 is 0 Å². The van der Waals surface area contributed by atoms with Crippen LogP contribution in [0.2, 0.25) is 0 Å². The molecule has 2 aromatic rings. The maximum atomic E-state index is 12.0. The highest BCUT2D eigenvalue weighted by Gasteiger charge is 2.17. The van der Waals surface area contributed by atoms with E-state index in [2.05, 4.69) is 4.98 Å². The number of hydrogen-bond donors (Lipinski definition) is 1. The molecule has 0 bridgehead atoms. The van der Waals surface area contributed by atoms with Gasteiger partial charge >= 0.3 is 5.97 Å². The Bertz CT molecular complexity index is 810. The molecular formula is C15H17N3O4. The van der Waals surface area contributed by atoms with Crippen molar-refractivity contribution in [1.82, 2.24) is 9.55 Å². The van der Waals surface area contributed by atoms with E-state index in [-0.39, 0.29) is 11.1 Å². The van der Waals surface area contributed by atoms with Gasteiger partial charge in [0.05, 0.1) is 16.6 Å². The molecule has 0 aliphatic heterocycles. The summed E-state index contributed by atoms with van der Waals surface area (Å²) in [7, 11) is 0. The average molecular weight is 303 g/mol. The molecule has 1 atom stereocenters. The van der Waals surface area contributed by atoms with Gasteiger partial charge in [0, 0.05) is 6.54 Å². The van der Waals surface area contributed by atoms with Gasteiger partial charge in [-0.25, -0.2) is 9.78 Å². The minimum absolute atomic E-state index is 0.160. The number of amides is 1. The van der Waals surface area contributed by atoms with E-state index in [0.717, 1.165) is 0 Å². The molecule has 0 unspecified atom stereocenters. The number of primary amides is 1. The van der Waals surface area contributed by atoms with Crippen LogP contribution in [0.1, 0.15) is 29.9 Å². The fraction of sp³-hybridized carbons (Fsp3) is 0.333. The van der Waals surface area contributed by atoms with Crippen molar-refractivity contribution in [2.75, 3.05) is 0 Å². The topological polar surface area (TPSA) is 104 Å². The Morgan fingerprint density at radius 1 is 1.41 bits per heavy atom. The molecule has 116 valence electrons. The second kappa shape index (κ2) is 5.97. The lowest BCUT2D eigenvalue weighted by molar-refractivity contribution is -0.125. The van der Waals surface area contributed by atoms with Crippen LogP contribution < -0.4 is 11.3 Å². The molecule has 1 heterocycles. The van der Waals surface area contributed by atoms with Crippen LogP contribution >= 0.6 is 0 Å². The number of aromatic nitrogens is 2. The van der Waals surface area contributed by atoms with Gasteiger partial charge in [0.15, 0.2) is 6.10 Å². The van der Waals surface area contributed by atoms with Crippen LogP contribution in [0, 0.1) is 6.92 Å². The van der Waals surface area contributed by atoms with Crippen molar-refractivity contribution in [1.29, 1.82) is 0 Å². The Morgan fingerprint density at radius 3 is 2.68 bits per heavy atom. The SMILES string of the molecule is CCn1c(=O)c(C)nc2cc(C(=O)O[C@@H](C)C(N)=O)ccc21. The van der Waals surface area contributed by atoms with Crippen molar-refractivity contribution in [3.8, 4) is 0 Å². The van der Waals surface area contributed by atoms with Gasteiger partial charge in [-0.1, -0.05) is 0 Å². The molecule has 0 aliphatic carbocycles. The second-order valence-electron chi connectivity index (χ2n) is 4.90. The zero-order chi connectivity index (χ0) is 16.4. The Labute approximate surface area is 126 Å². The normalized spacial score (nSPS) is 12.1. The van der Waals surface area contributed by atoms with E-state index in [1.807, 2.05) is 6.92 Å². The van der Waals surface area contributed by atoms with Crippen molar-refractivity contribution in [2.24, 2.45) is 5.73 Å². The van der Waals surface area contributed by atoms with Crippen molar-refractivity contribution < 1.29 is 14.3 Å². The average Bonchev–Trinajstić information content (AvgIpc) is 2.47. The van der Waals surface area contributed by atoms with Gasteiger partial charge in [0.25, 0.3) is 11.5 Å². The fourth-order valence-electron chi connectivity index (χ4n) is 2.10. The Balaban J connectivity index is 2.47. The van der Waals surface area contributed by atoms with Gasteiger partial charge in [0.1, 0.15) is 5.69 Å². The molecule has 0 fully saturated rings. The standard InChI is InChI=1S/C15H17N3O4/c1-4-18-12-6-5-10(15(21)22-9(3)13(16)19)7-11(12)17-8(2)14(18)20/h5-7,9H,4H2,1-3H3,(H2,16,19)/t9-/m0/s1. The van der Waals surface area contributed by atoms with E-state index in [4.69, 9.17) is 10.5 Å². The summed E-state index contributed by atoms with van der Waals surface area (Å²) in [5, 5.41) is 0. The molecule has 0 aliphatic rings. The van der Waals surface area contributed by atoms with Gasteiger partial charge in [-0.05, 0) is 39.0 Å². The Morgan fingerprint density at radius 2 is 2.09 bits per heavy atom. The molecular weight excluding hydrogens is 286 g/mol. The molecule has 0 saturated carbocycles. The maximum Gasteiger partial charge on any atom is 0.338 e. The first-order chi connectivity index (χ1) is 10.3. The van der Waals surface area contributed by atoms with E-state index in [9.17, 15) is 14.4 Å². The lowest BCUT2D eigenvalue weighted by atomic mass is 10.2. The molecule has 1 amide bonds. The number of nitrogens with zero attached hydrogens (tertiary/aromatic N) is 2. The fourth-order valence-corrected chi connectivity index (χ4v) is 2.10. The van der Waals surface area contributed by atoms with Crippen molar-refractivity contribution >= 4 is 22.9 Å². The molecule has 7 heteroatoms. The highest BCUT2D eigenvalue weighted by atomic mass is 16.5. The second-order valence-corrected chi connectivity index (χ2v) is 4.90. The minimum atomic E-state index is -1.01. The number of aryl methyl sites for hydroxylation is 2. The largest absolute Gasteiger partial charge is 0.449 e. The lowest BCUT2D eigenvalue weighted by Gasteiger charge is -2.12. The molecule has 22 heavy (non-hydrogen) atoms. The summed E-state index contributed by atoms with van der Waals surface area (Å²) in [5.74, 6) is -1.38. The third kappa shape index (κ3) is 2.83. The zero-order valence-electron chi connectivity index (χ0n) is 12.6. The van der Waals surface area contributed by atoms with E-state index in [1.54, 1.807) is 17.6 Å². The number of nitrogens with two attached hydrogens (primary N) is 1. The van der Waals surface area contributed by atoms with Crippen LogP contribution in [0.5, 0.6) is 0 Å². The van der Waals surface area contributed by atoms with E-state index in [0.29, 0.717) is 23.3 Å². The first kappa shape index (κ1) is 15.7. The monoisotopic (exact) mass is 303 g/mol. The number of carbonyl (C=O) groups excluding carboxylic acids is 2. The van der Waals surface area contributed by atoms with Crippen LogP contribution in [0.15, 0.2) is 23.0 Å². The number of hydrogen-bond acceptors (Lipinski definition) is 5. The summed E-state index contributed by atoms with van der Waals surface area (Å²) in [6, 6.07) is 4.70. The molecule has 0 radical (unpaired) electrons. The van der Waals surface area contributed by atoms with Crippen LogP contribution in [0.25, 0.3) is 11.0 Å². The molecule has 1 aromatic heterocycles. The predicted octanol–water partition coefficient (Wildman–Crippen LogP) is 0.755. The van der Waals surface area contributed by atoms with Crippen molar-refractivity contribution in [2.45, 2.75) is 33.4 Å². The number of esters is 1. The molecule has 1 aromatic carbocycles. The van der Waals surface area contributed by atoms with Crippen molar-refractivity contribution in [3.63, 3.8) is 0 Å². The van der Waals surface area contributed by atoms with Gasteiger partial charge in [-0.2, -0.15) is 0 Å². The van der Waals surface area contributed by atoms with Crippen LogP contribution in [-0.2, 0) is 16.1 Å². The number of ether oxygens (including phenoxy) is 1. The lowest BCUT2D eigenvalue weighted by Crippen LogP contribution is -2.30. The molecule has 2 N–H and O–H groups in total. The van der Waals surface area contributed by atoms with Crippen molar-refractivity contribution in [3.05, 3.63) is 39.8 Å². The van der Waals surface area contributed by atoms with Crippen LogP contribution in [0.4, 0.5) is 0 Å². The predicted molar refractivity (Wildman–Crippen MR) is 80.5 cm³/mol. The number of carbonyl (C=O) groups is 2. The number of benzene rings is 1. The van der Waals surface area contributed by atoms with Crippen LogP contribution in [-0.4, -0.2) is 27.5 Å². The summed E-state index contributed by atoms with van der Waals surface area (Å²) in [6.07, 6.45) is -1.01. The molecule has 7 nitrogen and oxygen atoms in total. The summed E-state index contributed by atoms with van der Waals surface area (Å²) >= 11 is 0. The van der Waals surface area contributed by atoms with Gasteiger partial charge in [0.2, 0.25) is 0 Å². The van der Waals surface area contributed by atoms with Gasteiger partial charge in [-0.3, -0.25) is 9.59 Å². The van der Waals surface area contributed by atoms with E-state index in [1.165, 1.54) is 19.1 Å². The summed E-state index contributed by atoms with van der Waals surface area (Å²) < 4.78 is 6.53. The molecule has 0 saturated heterocycles. The third-order valence-corrected chi connectivity index (χ3v) is 3.35.